The molecule has 8 fully saturated rings. The van der Waals surface area contributed by atoms with Gasteiger partial charge in [-0.25, -0.2) is 0 Å². The van der Waals surface area contributed by atoms with Gasteiger partial charge in [0.15, 0.2) is 25.2 Å². The number of hydrogen-bond acceptors (Lipinski definition) is 24. The minimum absolute atomic E-state index is 0.158. The number of carbonyl (C=O) groups is 1. The predicted molar refractivity (Wildman–Crippen MR) is 258 cm³/mol. The average Bonchev–Trinajstić information content (AvgIpc) is 3.90. The fraction of sp³-hybridized carbons (Fsp3) is 0.943. The minimum Gasteiger partial charge on any atom is -0.433 e. The van der Waals surface area contributed by atoms with Gasteiger partial charge in [0.25, 0.3) is 0 Å². The van der Waals surface area contributed by atoms with Crippen molar-refractivity contribution in [3.05, 3.63) is 11.1 Å². The van der Waals surface area contributed by atoms with Crippen molar-refractivity contribution in [3.8, 4) is 0 Å². The van der Waals surface area contributed by atoms with Crippen molar-refractivity contribution in [2.45, 2.75) is 240 Å². The van der Waals surface area contributed by atoms with Gasteiger partial charge in [0.2, 0.25) is 5.79 Å². The van der Waals surface area contributed by atoms with Crippen molar-refractivity contribution in [1.29, 1.82) is 0 Å². The van der Waals surface area contributed by atoms with Gasteiger partial charge in [0.05, 0.1) is 56.8 Å². The molecule has 10 aliphatic rings. The highest BCUT2D eigenvalue weighted by Crippen LogP contribution is 2.76. The number of ether oxygens (including phenoxy) is 10. The molecule has 0 bridgehead atoms. The van der Waals surface area contributed by atoms with Gasteiger partial charge in [-0.3, -0.25) is 4.79 Å². The second kappa shape index (κ2) is 21.2. The Hall–Kier alpha value is -1.67. The number of aliphatic hydroxyl groups is 13. The first kappa shape index (κ1) is 58.5. The fourth-order valence-electron chi connectivity index (χ4n) is 16.5. The summed E-state index contributed by atoms with van der Waals surface area (Å²) in [5.74, 6) is -1.48. The number of rotatable bonds is 12. The molecule has 10 rings (SSSR count). The van der Waals surface area contributed by atoms with Crippen LogP contribution in [0.15, 0.2) is 11.1 Å². The first-order valence-corrected chi connectivity index (χ1v) is 27.7. The Balaban J connectivity index is 0.841. The molecule has 6 aliphatic heterocycles. The van der Waals surface area contributed by atoms with E-state index in [9.17, 15) is 71.2 Å². The Morgan fingerprint density at radius 2 is 1.25 bits per heavy atom. The lowest BCUT2D eigenvalue weighted by molar-refractivity contribution is -0.390. The van der Waals surface area contributed by atoms with Crippen LogP contribution in [0.4, 0.5) is 0 Å². The minimum atomic E-state index is -1.92. The predicted octanol–water partition coefficient (Wildman–Crippen LogP) is -2.54. The highest BCUT2D eigenvalue weighted by atomic mass is 16.8. The van der Waals surface area contributed by atoms with Crippen molar-refractivity contribution in [2.24, 2.45) is 39.4 Å². The van der Waals surface area contributed by atoms with Crippen molar-refractivity contribution in [1.82, 2.24) is 0 Å². The summed E-state index contributed by atoms with van der Waals surface area (Å²) in [4.78, 5) is 12.7. The van der Waals surface area contributed by atoms with E-state index in [1.807, 2.05) is 6.92 Å². The molecule has 28 unspecified atom stereocenters. The summed E-state index contributed by atoms with van der Waals surface area (Å²) < 4.78 is 60.8. The number of aliphatic hydroxyl groups excluding tert-OH is 13. The lowest BCUT2D eigenvalue weighted by Gasteiger charge is -2.64. The third-order valence-electron chi connectivity index (χ3n) is 21.2. The summed E-state index contributed by atoms with van der Waals surface area (Å²) in [6.45, 7) is 9.54. The molecule has 2 saturated carbocycles. The SMILES string of the molecule is CC1CC2(CC(C)C3(CCC4(C)C5=C(CCC43C)C3(C)CCC(OC4OC(COC6OCC(O)C(O)C6OC6OC(CO)C(O)C(O)C6OC6OC(C)C(O)C(O)C6O)C(O)C(O)C4O)C(CO)(CO)C3CC5)O2)OC1=O. The molecule has 0 aromatic heterocycles. The van der Waals surface area contributed by atoms with E-state index in [1.54, 1.807) is 0 Å². The van der Waals surface area contributed by atoms with Gasteiger partial charge in [-0.1, -0.05) is 45.8 Å². The second-order valence-electron chi connectivity index (χ2n) is 25.1. The molecular weight excluding hydrogens is 1020 g/mol. The highest BCUT2D eigenvalue weighted by Gasteiger charge is 2.75. The summed E-state index contributed by atoms with van der Waals surface area (Å²) in [5.41, 5.74) is 0.0261. The first-order valence-electron chi connectivity index (χ1n) is 27.7. The zero-order chi connectivity index (χ0) is 55.7. The van der Waals surface area contributed by atoms with Crippen molar-refractivity contribution in [3.63, 3.8) is 0 Å². The number of allylic oxidation sites excluding steroid dienone is 2. The second-order valence-corrected chi connectivity index (χ2v) is 25.1. The Morgan fingerprint density at radius 3 is 1.91 bits per heavy atom. The normalized spacial score (nSPS) is 54.6. The van der Waals surface area contributed by atoms with Crippen LogP contribution >= 0.6 is 0 Å². The third kappa shape index (κ3) is 9.05. The number of carbonyl (C=O) groups excluding carboxylic acids is 1. The zero-order valence-electron chi connectivity index (χ0n) is 44.7. The maximum Gasteiger partial charge on any atom is 0.311 e. The molecule has 0 aromatic carbocycles. The molecule has 24 nitrogen and oxygen atoms in total. The Kier molecular flexibility index (Phi) is 16.1. The molecule has 0 aromatic rings. The van der Waals surface area contributed by atoms with Gasteiger partial charge >= 0.3 is 5.97 Å². The molecule has 24 heteroatoms. The summed E-state index contributed by atoms with van der Waals surface area (Å²) >= 11 is 0. The Bertz CT molecular complexity index is 2170. The van der Waals surface area contributed by atoms with Gasteiger partial charge in [0.1, 0.15) is 85.5 Å². The van der Waals surface area contributed by atoms with Crippen LogP contribution in [-0.2, 0) is 52.2 Å². The highest BCUT2D eigenvalue weighted by molar-refractivity contribution is 5.74. The zero-order valence-corrected chi connectivity index (χ0v) is 44.7. The van der Waals surface area contributed by atoms with Crippen LogP contribution in [-0.4, -0.2) is 240 Å². The quantitative estimate of drug-likeness (QED) is 0.0707. The van der Waals surface area contributed by atoms with Gasteiger partial charge in [-0.05, 0) is 81.0 Å². The summed E-state index contributed by atoms with van der Waals surface area (Å²) in [7, 11) is 0. The monoisotopic (exact) mass is 1100 g/mol. The van der Waals surface area contributed by atoms with Gasteiger partial charge in [0, 0.05) is 23.7 Å². The van der Waals surface area contributed by atoms with Crippen LogP contribution in [0.5, 0.6) is 0 Å². The van der Waals surface area contributed by atoms with E-state index < -0.39 is 178 Å². The molecular formula is C53H84O24. The summed E-state index contributed by atoms with van der Waals surface area (Å²) in [5, 5.41) is 142. The fourth-order valence-corrected chi connectivity index (χ4v) is 16.5. The average molecular weight is 1110 g/mol. The molecule has 6 saturated heterocycles. The van der Waals surface area contributed by atoms with Crippen LogP contribution in [0.2, 0.25) is 0 Å². The van der Waals surface area contributed by atoms with E-state index in [-0.39, 0.29) is 34.6 Å². The maximum atomic E-state index is 12.7. The lowest BCUT2D eigenvalue weighted by Crippen LogP contribution is -2.66. The third-order valence-corrected chi connectivity index (χ3v) is 21.2. The largest absolute Gasteiger partial charge is 0.433 e. The van der Waals surface area contributed by atoms with Crippen LogP contribution in [0.3, 0.4) is 0 Å². The number of fused-ring (bicyclic) bond motifs is 5. The molecule has 440 valence electrons. The van der Waals surface area contributed by atoms with Gasteiger partial charge < -0.3 is 114 Å². The topological polar surface area (TPSA) is 372 Å². The lowest BCUT2D eigenvalue weighted by atomic mass is 9.42. The van der Waals surface area contributed by atoms with Gasteiger partial charge in [-0.15, -0.1) is 0 Å². The Labute approximate surface area is 447 Å². The molecule has 2 spiro atoms. The van der Waals surface area contributed by atoms with Crippen LogP contribution < -0.4 is 0 Å². The maximum absolute atomic E-state index is 12.7. The molecule has 6 heterocycles. The van der Waals surface area contributed by atoms with E-state index >= 15 is 0 Å². The van der Waals surface area contributed by atoms with Crippen molar-refractivity contribution in [2.75, 3.05) is 33.0 Å². The smallest absolute Gasteiger partial charge is 0.311 e. The molecule has 28 atom stereocenters. The molecule has 0 amide bonds. The number of hydrogen-bond donors (Lipinski definition) is 13. The number of esters is 1. The first-order chi connectivity index (χ1) is 36.3. The van der Waals surface area contributed by atoms with Crippen LogP contribution in [0.25, 0.3) is 0 Å². The van der Waals surface area contributed by atoms with E-state index in [4.69, 9.17) is 47.4 Å². The van der Waals surface area contributed by atoms with E-state index in [0.29, 0.717) is 38.5 Å². The molecule has 4 aliphatic carbocycles. The van der Waals surface area contributed by atoms with E-state index in [2.05, 4.69) is 27.7 Å². The molecule has 13 N–H and O–H groups in total. The molecule has 0 radical (unpaired) electrons. The Morgan fingerprint density at radius 1 is 0.610 bits per heavy atom. The molecule has 77 heavy (non-hydrogen) atoms. The van der Waals surface area contributed by atoms with Crippen LogP contribution in [0, 0.1) is 39.4 Å². The summed E-state index contributed by atoms with van der Waals surface area (Å²) in [6, 6.07) is 0. The van der Waals surface area contributed by atoms with Crippen molar-refractivity contribution < 1.29 is 119 Å². The van der Waals surface area contributed by atoms with Crippen molar-refractivity contribution >= 4 is 5.97 Å². The standard InChI is InChI=1S/C53H84O24/c1-22-15-52(76-43(22)67)16-23(2)53(77-52)14-13-49(5)26-7-8-30-48(4,25(26)9-12-50(49,53)6)11-10-31(51(30,20-55)21-56)73-45-40(66)37(63)35(61)29(72-45)19-69-46-41(33(59)27(57)18-68-46)75-47-42(38(64)34(60)28(17-54)71-47)74-44-39(65)36(62)32(58)24(3)70-44/h22-24,27-42,44-47,54-66H,7-21H2,1-6H3. The van der Waals surface area contributed by atoms with Crippen LogP contribution in [0.1, 0.15) is 106 Å². The summed E-state index contributed by atoms with van der Waals surface area (Å²) in [6.07, 6.45) is -26.3. The van der Waals surface area contributed by atoms with E-state index in [0.717, 1.165) is 25.7 Å². The van der Waals surface area contributed by atoms with E-state index in [1.165, 1.54) is 18.1 Å². The van der Waals surface area contributed by atoms with Gasteiger partial charge in [-0.2, -0.15) is 0 Å².